The Labute approximate surface area is 149 Å². The van der Waals surface area contributed by atoms with Gasteiger partial charge in [0.15, 0.2) is 6.61 Å². The molecule has 0 aliphatic heterocycles. The normalized spacial score (nSPS) is 33.5. The first-order valence-corrected chi connectivity index (χ1v) is 9.49. The van der Waals surface area contributed by atoms with E-state index >= 15 is 0 Å². The molecule has 1 aromatic carbocycles. The van der Waals surface area contributed by atoms with Crippen molar-refractivity contribution >= 4 is 5.91 Å². The Morgan fingerprint density at radius 2 is 1.76 bits per heavy atom. The van der Waals surface area contributed by atoms with Crippen LogP contribution in [0.15, 0.2) is 24.3 Å². The summed E-state index contributed by atoms with van der Waals surface area (Å²) < 4.78 is 5.57. The summed E-state index contributed by atoms with van der Waals surface area (Å²) in [5.74, 6) is 3.24. The Hall–Kier alpha value is -2.02. The van der Waals surface area contributed by atoms with E-state index in [1.54, 1.807) is 24.3 Å². The fraction of sp³-hybridized carbons (Fsp3) is 0.619. The lowest BCUT2D eigenvalue weighted by Crippen LogP contribution is -2.56. The molecule has 4 nitrogen and oxygen atoms in total. The van der Waals surface area contributed by atoms with Gasteiger partial charge in [0.1, 0.15) is 5.75 Å². The Morgan fingerprint density at radius 1 is 1.20 bits per heavy atom. The van der Waals surface area contributed by atoms with Crippen LogP contribution < -0.4 is 10.1 Å². The molecular weight excluding hydrogens is 312 g/mol. The van der Waals surface area contributed by atoms with Gasteiger partial charge in [0.25, 0.3) is 5.91 Å². The van der Waals surface area contributed by atoms with E-state index in [4.69, 9.17) is 10.00 Å². The van der Waals surface area contributed by atoms with Gasteiger partial charge >= 0.3 is 0 Å². The first kappa shape index (κ1) is 16.4. The van der Waals surface area contributed by atoms with Gasteiger partial charge in [0.2, 0.25) is 0 Å². The zero-order valence-corrected chi connectivity index (χ0v) is 14.8. The van der Waals surface area contributed by atoms with Gasteiger partial charge in [-0.15, -0.1) is 0 Å². The Balaban J connectivity index is 1.32. The van der Waals surface area contributed by atoms with Crippen molar-refractivity contribution in [3.8, 4) is 11.8 Å². The summed E-state index contributed by atoms with van der Waals surface area (Å²) in [7, 11) is 0. The molecule has 1 amide bonds. The number of hydrogen-bond acceptors (Lipinski definition) is 3. The number of ether oxygens (including phenoxy) is 1. The molecule has 4 aliphatic carbocycles. The summed E-state index contributed by atoms with van der Waals surface area (Å²) in [6.45, 7) is 2.22. The third-order valence-electron chi connectivity index (χ3n) is 6.74. The maximum atomic E-state index is 12.4. The van der Waals surface area contributed by atoms with Gasteiger partial charge in [-0.3, -0.25) is 4.79 Å². The van der Waals surface area contributed by atoms with Crippen LogP contribution in [0.25, 0.3) is 0 Å². The lowest BCUT2D eigenvalue weighted by molar-refractivity contribution is -0.127. The highest BCUT2D eigenvalue weighted by molar-refractivity contribution is 5.77. The van der Waals surface area contributed by atoms with E-state index in [-0.39, 0.29) is 18.6 Å². The summed E-state index contributed by atoms with van der Waals surface area (Å²) in [6, 6.07) is 9.15. The Morgan fingerprint density at radius 3 is 2.28 bits per heavy atom. The number of nitrogens with one attached hydrogen (secondary N) is 1. The summed E-state index contributed by atoms with van der Waals surface area (Å²) in [5.41, 5.74) is 0.908. The third kappa shape index (κ3) is 3.25. The molecule has 0 aromatic heterocycles. The maximum Gasteiger partial charge on any atom is 0.258 e. The predicted octanol–water partition coefficient (Wildman–Crippen LogP) is 3.66. The largest absolute Gasteiger partial charge is 0.484 e. The van der Waals surface area contributed by atoms with E-state index in [1.165, 1.54) is 38.5 Å². The highest BCUT2D eigenvalue weighted by Gasteiger charge is 2.53. The number of amides is 1. The molecule has 4 heteroatoms. The van der Waals surface area contributed by atoms with Crippen LogP contribution >= 0.6 is 0 Å². The molecule has 4 aliphatic rings. The van der Waals surface area contributed by atoms with Gasteiger partial charge in [-0.1, -0.05) is 0 Å². The van der Waals surface area contributed by atoms with Crippen LogP contribution in [-0.2, 0) is 4.79 Å². The first-order chi connectivity index (χ1) is 12.1. The van der Waals surface area contributed by atoms with E-state index in [0.717, 1.165) is 17.8 Å². The molecular formula is C21H26N2O2. The van der Waals surface area contributed by atoms with Gasteiger partial charge in [0.05, 0.1) is 11.6 Å². The predicted molar refractivity (Wildman–Crippen MR) is 94.9 cm³/mol. The molecule has 1 aromatic rings. The van der Waals surface area contributed by atoms with Crippen molar-refractivity contribution in [2.75, 3.05) is 6.61 Å². The topological polar surface area (TPSA) is 62.1 Å². The second kappa shape index (κ2) is 6.37. The van der Waals surface area contributed by atoms with Crippen LogP contribution in [-0.4, -0.2) is 18.6 Å². The molecule has 0 spiro atoms. The monoisotopic (exact) mass is 338 g/mol. The van der Waals surface area contributed by atoms with Crippen LogP contribution in [0.4, 0.5) is 0 Å². The van der Waals surface area contributed by atoms with Crippen LogP contribution in [0.1, 0.15) is 51.0 Å². The summed E-state index contributed by atoms with van der Waals surface area (Å²) in [5, 5.41) is 12.0. The number of carbonyl (C=O) groups is 1. The smallest absolute Gasteiger partial charge is 0.258 e. The van der Waals surface area contributed by atoms with Crippen molar-refractivity contribution in [2.45, 2.75) is 51.5 Å². The van der Waals surface area contributed by atoms with Crippen molar-refractivity contribution in [2.24, 2.45) is 23.2 Å². The molecule has 132 valence electrons. The van der Waals surface area contributed by atoms with E-state index in [2.05, 4.69) is 18.3 Å². The lowest BCUT2D eigenvalue weighted by atomic mass is 9.48. The highest BCUT2D eigenvalue weighted by atomic mass is 16.5. The third-order valence-corrected chi connectivity index (χ3v) is 6.74. The van der Waals surface area contributed by atoms with Crippen molar-refractivity contribution in [1.29, 1.82) is 5.26 Å². The molecule has 0 radical (unpaired) electrons. The molecule has 4 fully saturated rings. The number of carbonyl (C=O) groups excluding carboxylic acids is 1. The summed E-state index contributed by atoms with van der Waals surface area (Å²) in [6.07, 6.45) is 8.12. The van der Waals surface area contributed by atoms with Crippen molar-refractivity contribution < 1.29 is 9.53 Å². The van der Waals surface area contributed by atoms with Crippen molar-refractivity contribution in [3.63, 3.8) is 0 Å². The van der Waals surface area contributed by atoms with Crippen molar-refractivity contribution in [3.05, 3.63) is 29.8 Å². The van der Waals surface area contributed by atoms with Gasteiger partial charge < -0.3 is 10.1 Å². The van der Waals surface area contributed by atoms with Crippen molar-refractivity contribution in [1.82, 2.24) is 5.32 Å². The zero-order chi connectivity index (χ0) is 17.4. The zero-order valence-electron chi connectivity index (χ0n) is 14.8. The van der Waals surface area contributed by atoms with Gasteiger partial charge in [-0.05, 0) is 92.9 Å². The SMILES string of the molecule is C[C@H](NC(=O)COc1ccc(C#N)cc1)C12CC3CC(CC(C3)C1)C2. The maximum absolute atomic E-state index is 12.4. The lowest BCUT2D eigenvalue weighted by Gasteiger charge is -2.59. The highest BCUT2D eigenvalue weighted by Crippen LogP contribution is 2.61. The minimum Gasteiger partial charge on any atom is -0.484 e. The van der Waals surface area contributed by atoms with Gasteiger partial charge in [-0.25, -0.2) is 0 Å². The molecule has 0 saturated heterocycles. The summed E-state index contributed by atoms with van der Waals surface area (Å²) >= 11 is 0. The second-order valence-corrected chi connectivity index (χ2v) is 8.49. The molecule has 5 rings (SSSR count). The molecule has 4 saturated carbocycles. The number of rotatable bonds is 5. The van der Waals surface area contributed by atoms with E-state index < -0.39 is 0 Å². The molecule has 0 unspecified atom stereocenters. The Bertz CT molecular complexity index is 654. The number of hydrogen-bond donors (Lipinski definition) is 1. The Kier molecular flexibility index (Phi) is 4.19. The van der Waals surface area contributed by atoms with E-state index in [0.29, 0.717) is 16.7 Å². The van der Waals surface area contributed by atoms with Gasteiger partial charge in [0, 0.05) is 6.04 Å². The molecule has 4 bridgehead atoms. The van der Waals surface area contributed by atoms with Crippen LogP contribution in [0.2, 0.25) is 0 Å². The summed E-state index contributed by atoms with van der Waals surface area (Å²) in [4.78, 5) is 12.4. The average molecular weight is 338 g/mol. The first-order valence-electron chi connectivity index (χ1n) is 9.49. The van der Waals surface area contributed by atoms with Crippen LogP contribution in [0.5, 0.6) is 5.75 Å². The van der Waals surface area contributed by atoms with Crippen LogP contribution in [0, 0.1) is 34.5 Å². The molecule has 0 heterocycles. The van der Waals surface area contributed by atoms with Gasteiger partial charge in [-0.2, -0.15) is 5.26 Å². The van der Waals surface area contributed by atoms with Crippen LogP contribution in [0.3, 0.4) is 0 Å². The minimum atomic E-state index is -0.0485. The quantitative estimate of drug-likeness (QED) is 0.891. The minimum absolute atomic E-state index is 0.0304. The molecule has 1 N–H and O–H groups in total. The van der Waals surface area contributed by atoms with E-state index in [9.17, 15) is 4.79 Å². The molecule has 25 heavy (non-hydrogen) atoms. The number of nitrogens with zero attached hydrogens (tertiary/aromatic N) is 1. The average Bonchev–Trinajstić information content (AvgIpc) is 2.59. The fourth-order valence-electron chi connectivity index (χ4n) is 5.92. The second-order valence-electron chi connectivity index (χ2n) is 8.49. The fourth-order valence-corrected chi connectivity index (χ4v) is 5.92. The molecule has 1 atom stereocenters. The number of benzene rings is 1. The van der Waals surface area contributed by atoms with E-state index in [1.807, 2.05) is 0 Å². The number of nitriles is 1. The standard InChI is InChI=1S/C21H26N2O2/c1-14(21-9-16-6-17(10-21)8-18(7-16)11-21)23-20(24)13-25-19-4-2-15(12-22)3-5-19/h2-5,14,16-18H,6-11,13H2,1H3,(H,23,24)/t14-,16?,17?,18?,21?/m0/s1.